The van der Waals surface area contributed by atoms with E-state index in [0.29, 0.717) is 17.9 Å². The number of benzene rings is 1. The van der Waals surface area contributed by atoms with E-state index in [2.05, 4.69) is 25.9 Å². The lowest BCUT2D eigenvalue weighted by atomic mass is 10.1. The molecule has 0 aliphatic carbocycles. The topological polar surface area (TPSA) is 110 Å². The SMILES string of the molecule is CC(NCc1cccc(C(N)=O)c1)c1nn[nH]n1. The van der Waals surface area contributed by atoms with Crippen LogP contribution < -0.4 is 11.1 Å². The summed E-state index contributed by atoms with van der Waals surface area (Å²) in [5, 5.41) is 16.9. The van der Waals surface area contributed by atoms with Crippen LogP contribution in [0.15, 0.2) is 24.3 Å². The van der Waals surface area contributed by atoms with E-state index >= 15 is 0 Å². The molecule has 1 atom stereocenters. The van der Waals surface area contributed by atoms with Crippen LogP contribution in [0.1, 0.15) is 34.7 Å². The lowest BCUT2D eigenvalue weighted by Gasteiger charge is -2.10. The first-order chi connectivity index (χ1) is 8.66. The number of amides is 1. The van der Waals surface area contributed by atoms with Gasteiger partial charge in [0.1, 0.15) is 0 Å². The number of hydrogen-bond donors (Lipinski definition) is 3. The maximum atomic E-state index is 11.0. The minimum atomic E-state index is -0.428. The van der Waals surface area contributed by atoms with Crippen molar-refractivity contribution in [3.8, 4) is 0 Å². The number of H-pyrrole nitrogens is 1. The predicted molar refractivity (Wildman–Crippen MR) is 64.4 cm³/mol. The first kappa shape index (κ1) is 12.2. The Morgan fingerprint density at radius 1 is 1.56 bits per heavy atom. The van der Waals surface area contributed by atoms with Crippen LogP contribution in [0.3, 0.4) is 0 Å². The van der Waals surface area contributed by atoms with Gasteiger partial charge in [0.25, 0.3) is 0 Å². The third-order valence-corrected chi connectivity index (χ3v) is 2.57. The van der Waals surface area contributed by atoms with Gasteiger partial charge >= 0.3 is 0 Å². The maximum absolute atomic E-state index is 11.0. The summed E-state index contributed by atoms with van der Waals surface area (Å²) in [6.07, 6.45) is 0. The zero-order valence-corrected chi connectivity index (χ0v) is 9.92. The molecule has 0 radical (unpaired) electrons. The molecule has 0 saturated heterocycles. The molecule has 0 saturated carbocycles. The fourth-order valence-electron chi connectivity index (χ4n) is 1.55. The largest absolute Gasteiger partial charge is 0.366 e. The van der Waals surface area contributed by atoms with E-state index in [4.69, 9.17) is 5.73 Å². The summed E-state index contributed by atoms with van der Waals surface area (Å²) in [6, 6.07) is 7.14. The highest BCUT2D eigenvalue weighted by Gasteiger charge is 2.09. The molecule has 7 nitrogen and oxygen atoms in total. The first-order valence-corrected chi connectivity index (χ1v) is 5.52. The number of aromatic nitrogens is 4. The molecule has 0 aliphatic rings. The Bertz CT molecular complexity index is 524. The van der Waals surface area contributed by atoms with E-state index in [1.165, 1.54) is 0 Å². The molecule has 0 spiro atoms. The van der Waals surface area contributed by atoms with Crippen LogP contribution in [-0.2, 0) is 6.54 Å². The van der Waals surface area contributed by atoms with E-state index in [1.807, 2.05) is 13.0 Å². The number of aromatic amines is 1. The number of carbonyl (C=O) groups excluding carboxylic acids is 1. The number of carbonyl (C=O) groups is 1. The molecular weight excluding hydrogens is 232 g/mol. The molecule has 1 amide bonds. The summed E-state index contributed by atoms with van der Waals surface area (Å²) in [5.41, 5.74) is 6.70. The van der Waals surface area contributed by atoms with Gasteiger partial charge in [-0.05, 0) is 24.6 Å². The molecule has 1 heterocycles. The van der Waals surface area contributed by atoms with Crippen LogP contribution in [0.5, 0.6) is 0 Å². The van der Waals surface area contributed by atoms with Crippen molar-refractivity contribution in [2.45, 2.75) is 19.5 Å². The molecule has 18 heavy (non-hydrogen) atoms. The Kier molecular flexibility index (Phi) is 3.63. The van der Waals surface area contributed by atoms with Crippen LogP contribution in [0, 0.1) is 0 Å². The van der Waals surface area contributed by atoms with Crippen molar-refractivity contribution in [1.29, 1.82) is 0 Å². The number of rotatable bonds is 5. The molecule has 1 aromatic heterocycles. The fraction of sp³-hybridized carbons (Fsp3) is 0.273. The molecule has 2 rings (SSSR count). The fourth-order valence-corrected chi connectivity index (χ4v) is 1.55. The number of hydrogen-bond acceptors (Lipinski definition) is 5. The second-order valence-electron chi connectivity index (χ2n) is 3.94. The van der Waals surface area contributed by atoms with Crippen LogP contribution in [0.25, 0.3) is 0 Å². The van der Waals surface area contributed by atoms with Gasteiger partial charge in [-0.25, -0.2) is 0 Å². The van der Waals surface area contributed by atoms with Gasteiger partial charge in [0, 0.05) is 12.1 Å². The Balaban J connectivity index is 1.98. The van der Waals surface area contributed by atoms with E-state index in [1.54, 1.807) is 18.2 Å². The molecule has 4 N–H and O–H groups in total. The number of primary amides is 1. The van der Waals surface area contributed by atoms with Crippen molar-refractivity contribution in [2.24, 2.45) is 5.73 Å². The van der Waals surface area contributed by atoms with Gasteiger partial charge < -0.3 is 11.1 Å². The second kappa shape index (κ2) is 5.37. The Labute approximate surface area is 104 Å². The number of nitrogens with one attached hydrogen (secondary N) is 2. The smallest absolute Gasteiger partial charge is 0.248 e. The van der Waals surface area contributed by atoms with Crippen LogP contribution in [0.4, 0.5) is 0 Å². The van der Waals surface area contributed by atoms with Crippen LogP contribution >= 0.6 is 0 Å². The minimum Gasteiger partial charge on any atom is -0.366 e. The molecule has 7 heteroatoms. The van der Waals surface area contributed by atoms with Gasteiger partial charge in [-0.15, -0.1) is 10.2 Å². The highest BCUT2D eigenvalue weighted by atomic mass is 16.1. The summed E-state index contributed by atoms with van der Waals surface area (Å²) in [4.78, 5) is 11.0. The second-order valence-corrected chi connectivity index (χ2v) is 3.94. The maximum Gasteiger partial charge on any atom is 0.248 e. The van der Waals surface area contributed by atoms with Gasteiger partial charge in [-0.1, -0.05) is 17.3 Å². The van der Waals surface area contributed by atoms with Crippen molar-refractivity contribution < 1.29 is 4.79 Å². The number of nitrogens with two attached hydrogens (primary N) is 1. The van der Waals surface area contributed by atoms with Gasteiger partial charge in [-0.3, -0.25) is 4.79 Å². The third kappa shape index (κ3) is 2.89. The van der Waals surface area contributed by atoms with Gasteiger partial charge in [-0.2, -0.15) is 5.21 Å². The monoisotopic (exact) mass is 246 g/mol. The predicted octanol–water partition coefficient (Wildman–Crippen LogP) is 0.149. The molecule has 2 aromatic rings. The molecule has 0 bridgehead atoms. The van der Waals surface area contributed by atoms with E-state index in [9.17, 15) is 4.79 Å². The zero-order valence-electron chi connectivity index (χ0n) is 9.92. The first-order valence-electron chi connectivity index (χ1n) is 5.52. The molecule has 0 fully saturated rings. The molecule has 0 aliphatic heterocycles. The van der Waals surface area contributed by atoms with Gasteiger partial charge in [0.05, 0.1) is 6.04 Å². The number of nitrogens with zero attached hydrogens (tertiary/aromatic N) is 3. The minimum absolute atomic E-state index is 0.0269. The van der Waals surface area contributed by atoms with Crippen molar-refractivity contribution >= 4 is 5.91 Å². The van der Waals surface area contributed by atoms with Crippen molar-refractivity contribution in [2.75, 3.05) is 0 Å². The van der Waals surface area contributed by atoms with E-state index in [-0.39, 0.29) is 6.04 Å². The molecular formula is C11H14N6O. The normalized spacial score (nSPS) is 12.3. The lowest BCUT2D eigenvalue weighted by Crippen LogP contribution is -2.20. The van der Waals surface area contributed by atoms with Crippen molar-refractivity contribution in [3.63, 3.8) is 0 Å². The summed E-state index contributed by atoms with van der Waals surface area (Å²) < 4.78 is 0. The van der Waals surface area contributed by atoms with Crippen LogP contribution in [0.2, 0.25) is 0 Å². The highest BCUT2D eigenvalue weighted by molar-refractivity contribution is 5.92. The summed E-state index contributed by atoms with van der Waals surface area (Å²) in [6.45, 7) is 2.53. The van der Waals surface area contributed by atoms with Gasteiger partial charge in [0.15, 0.2) is 5.82 Å². The molecule has 1 unspecified atom stereocenters. The quantitative estimate of drug-likeness (QED) is 0.695. The van der Waals surface area contributed by atoms with E-state index < -0.39 is 5.91 Å². The Morgan fingerprint density at radius 2 is 2.39 bits per heavy atom. The van der Waals surface area contributed by atoms with E-state index in [0.717, 1.165) is 5.56 Å². The summed E-state index contributed by atoms with van der Waals surface area (Å²) in [7, 11) is 0. The number of tetrazole rings is 1. The molecule has 1 aromatic carbocycles. The average molecular weight is 246 g/mol. The van der Waals surface area contributed by atoms with Crippen molar-refractivity contribution in [1.82, 2.24) is 25.9 Å². The Morgan fingerprint density at radius 3 is 3.06 bits per heavy atom. The van der Waals surface area contributed by atoms with Crippen LogP contribution in [-0.4, -0.2) is 26.5 Å². The third-order valence-electron chi connectivity index (χ3n) is 2.57. The standard InChI is InChI=1S/C11H14N6O/c1-7(11-14-16-17-15-11)13-6-8-3-2-4-9(5-8)10(12)18/h2-5,7,13H,6H2,1H3,(H2,12,18)(H,14,15,16,17). The molecule has 94 valence electrons. The summed E-state index contributed by atoms with van der Waals surface area (Å²) in [5.74, 6) is 0.170. The van der Waals surface area contributed by atoms with Crippen molar-refractivity contribution in [3.05, 3.63) is 41.2 Å². The highest BCUT2D eigenvalue weighted by Crippen LogP contribution is 2.08. The lowest BCUT2D eigenvalue weighted by molar-refractivity contribution is 0.1000. The average Bonchev–Trinajstić information content (AvgIpc) is 2.90. The van der Waals surface area contributed by atoms with Gasteiger partial charge in [0.2, 0.25) is 5.91 Å². The zero-order chi connectivity index (χ0) is 13.0. The Hall–Kier alpha value is -2.28. The summed E-state index contributed by atoms with van der Waals surface area (Å²) >= 11 is 0.